The van der Waals surface area contributed by atoms with Crippen LogP contribution in [0.15, 0.2) is 24.3 Å². The lowest BCUT2D eigenvalue weighted by Gasteiger charge is -2.34. The second kappa shape index (κ2) is 5.14. The maximum atomic E-state index is 6.09. The van der Waals surface area contributed by atoms with E-state index in [1.54, 1.807) is 11.3 Å². The first kappa shape index (κ1) is 14.1. The first-order valence-electron chi connectivity index (χ1n) is 6.91. The molecule has 0 bridgehead atoms. The van der Waals surface area contributed by atoms with E-state index in [1.165, 1.54) is 10.6 Å². The predicted molar refractivity (Wildman–Crippen MR) is 86.5 cm³/mol. The van der Waals surface area contributed by atoms with Gasteiger partial charge in [-0.15, -0.1) is 11.3 Å². The summed E-state index contributed by atoms with van der Waals surface area (Å²) in [5.74, 6) is 0. The average Bonchev–Trinajstić information content (AvgIpc) is 2.80. The number of rotatable bonds is 2. The maximum Gasteiger partial charge on any atom is 0.123 e. The predicted octanol–water partition coefficient (Wildman–Crippen LogP) is 4.70. The fourth-order valence-electron chi connectivity index (χ4n) is 2.91. The SMILES string of the molecule is CNC1CC(C)(C)Cc2nc(-c3cccc(Cl)c3)sc21. The first-order chi connectivity index (χ1) is 9.48. The normalized spacial score (nSPS) is 20.7. The molecule has 0 amide bonds. The van der Waals surface area contributed by atoms with Gasteiger partial charge in [0.2, 0.25) is 0 Å². The molecular weight excluding hydrogens is 288 g/mol. The van der Waals surface area contributed by atoms with Gasteiger partial charge in [0.25, 0.3) is 0 Å². The summed E-state index contributed by atoms with van der Waals surface area (Å²) >= 11 is 7.89. The van der Waals surface area contributed by atoms with Crippen molar-refractivity contribution in [3.63, 3.8) is 0 Å². The molecule has 0 spiro atoms. The van der Waals surface area contributed by atoms with Crippen molar-refractivity contribution in [1.82, 2.24) is 10.3 Å². The van der Waals surface area contributed by atoms with Gasteiger partial charge >= 0.3 is 0 Å². The van der Waals surface area contributed by atoms with Crippen LogP contribution >= 0.6 is 22.9 Å². The number of fused-ring (bicyclic) bond motifs is 1. The minimum Gasteiger partial charge on any atom is -0.312 e. The molecule has 0 radical (unpaired) electrons. The van der Waals surface area contributed by atoms with Crippen LogP contribution in [0.25, 0.3) is 10.6 Å². The minimum atomic E-state index is 0.306. The van der Waals surface area contributed by atoms with Crippen molar-refractivity contribution < 1.29 is 0 Å². The van der Waals surface area contributed by atoms with E-state index in [0.29, 0.717) is 11.5 Å². The average molecular weight is 307 g/mol. The number of hydrogen-bond donors (Lipinski definition) is 1. The van der Waals surface area contributed by atoms with E-state index < -0.39 is 0 Å². The standard InChI is InChI=1S/C16H19ClN2S/c1-16(2)8-12(18-3)14-13(9-16)19-15(20-14)10-5-4-6-11(17)7-10/h4-7,12,18H,8-9H2,1-3H3. The Morgan fingerprint density at radius 1 is 1.40 bits per heavy atom. The Bertz CT molecular complexity index is 633. The van der Waals surface area contributed by atoms with E-state index in [2.05, 4.69) is 25.2 Å². The largest absolute Gasteiger partial charge is 0.312 e. The molecule has 1 aliphatic carbocycles. The highest BCUT2D eigenvalue weighted by molar-refractivity contribution is 7.15. The summed E-state index contributed by atoms with van der Waals surface area (Å²) in [6.07, 6.45) is 2.21. The lowest BCUT2D eigenvalue weighted by atomic mass is 9.76. The molecular formula is C16H19ClN2S. The van der Waals surface area contributed by atoms with Gasteiger partial charge in [-0.25, -0.2) is 4.98 Å². The Hall–Kier alpha value is -0.900. The summed E-state index contributed by atoms with van der Waals surface area (Å²) in [6, 6.07) is 8.37. The lowest BCUT2D eigenvalue weighted by molar-refractivity contribution is 0.265. The van der Waals surface area contributed by atoms with Crippen LogP contribution in [0.2, 0.25) is 5.02 Å². The molecule has 1 unspecified atom stereocenters. The first-order valence-corrected chi connectivity index (χ1v) is 8.11. The fourth-order valence-corrected chi connectivity index (χ4v) is 4.29. The third-order valence-electron chi connectivity index (χ3n) is 3.87. The molecule has 1 aliphatic rings. The van der Waals surface area contributed by atoms with Gasteiger partial charge in [0.05, 0.1) is 5.69 Å². The van der Waals surface area contributed by atoms with E-state index in [4.69, 9.17) is 16.6 Å². The third-order valence-corrected chi connectivity index (χ3v) is 5.36. The van der Waals surface area contributed by atoms with Crippen molar-refractivity contribution in [3.8, 4) is 10.6 Å². The van der Waals surface area contributed by atoms with Crippen LogP contribution in [0.3, 0.4) is 0 Å². The number of benzene rings is 1. The third kappa shape index (κ3) is 2.62. The van der Waals surface area contributed by atoms with Crippen molar-refractivity contribution in [2.24, 2.45) is 5.41 Å². The molecule has 2 nitrogen and oxygen atoms in total. The lowest BCUT2D eigenvalue weighted by Crippen LogP contribution is -2.30. The zero-order valence-corrected chi connectivity index (χ0v) is 13.6. The van der Waals surface area contributed by atoms with Crippen LogP contribution in [0.5, 0.6) is 0 Å². The molecule has 1 atom stereocenters. The van der Waals surface area contributed by atoms with E-state index >= 15 is 0 Å². The second-order valence-electron chi connectivity index (χ2n) is 6.23. The molecule has 1 aromatic heterocycles. The molecule has 106 valence electrons. The van der Waals surface area contributed by atoms with Gasteiger partial charge in [0.15, 0.2) is 0 Å². The summed E-state index contributed by atoms with van der Waals surface area (Å²) in [5, 5.41) is 5.28. The highest BCUT2D eigenvalue weighted by Crippen LogP contribution is 2.44. The van der Waals surface area contributed by atoms with Gasteiger partial charge in [-0.05, 0) is 37.4 Å². The van der Waals surface area contributed by atoms with Crippen molar-refractivity contribution in [2.75, 3.05) is 7.05 Å². The number of aromatic nitrogens is 1. The topological polar surface area (TPSA) is 24.9 Å². The number of hydrogen-bond acceptors (Lipinski definition) is 3. The number of halogens is 1. The zero-order chi connectivity index (χ0) is 14.3. The molecule has 4 heteroatoms. The fraction of sp³-hybridized carbons (Fsp3) is 0.438. The van der Waals surface area contributed by atoms with E-state index in [0.717, 1.165) is 28.4 Å². The Balaban J connectivity index is 2.04. The van der Waals surface area contributed by atoms with Crippen LogP contribution in [-0.4, -0.2) is 12.0 Å². The molecule has 1 N–H and O–H groups in total. The molecule has 0 saturated carbocycles. The van der Waals surface area contributed by atoms with E-state index in [-0.39, 0.29) is 0 Å². The van der Waals surface area contributed by atoms with E-state index in [1.807, 2.05) is 25.2 Å². The minimum absolute atomic E-state index is 0.306. The highest BCUT2D eigenvalue weighted by atomic mass is 35.5. The molecule has 1 heterocycles. The van der Waals surface area contributed by atoms with Crippen molar-refractivity contribution in [2.45, 2.75) is 32.7 Å². The van der Waals surface area contributed by atoms with Gasteiger partial charge in [-0.3, -0.25) is 0 Å². The van der Waals surface area contributed by atoms with Crippen molar-refractivity contribution in [1.29, 1.82) is 0 Å². The molecule has 0 fully saturated rings. The molecule has 0 aliphatic heterocycles. The number of nitrogens with one attached hydrogen (secondary N) is 1. The monoisotopic (exact) mass is 306 g/mol. The molecule has 1 aromatic carbocycles. The van der Waals surface area contributed by atoms with Crippen LogP contribution < -0.4 is 5.32 Å². The zero-order valence-electron chi connectivity index (χ0n) is 12.0. The summed E-state index contributed by atoms with van der Waals surface area (Å²) in [4.78, 5) is 6.27. The van der Waals surface area contributed by atoms with Crippen molar-refractivity contribution >= 4 is 22.9 Å². The molecule has 0 saturated heterocycles. The van der Waals surface area contributed by atoms with Gasteiger partial charge in [0, 0.05) is 21.5 Å². The Labute approximate surface area is 129 Å². The van der Waals surface area contributed by atoms with Crippen LogP contribution in [-0.2, 0) is 6.42 Å². The molecule has 2 aromatic rings. The maximum absolute atomic E-state index is 6.09. The summed E-state index contributed by atoms with van der Waals surface area (Å²) < 4.78 is 0. The number of nitrogens with zero attached hydrogens (tertiary/aromatic N) is 1. The Morgan fingerprint density at radius 2 is 2.20 bits per heavy atom. The highest BCUT2D eigenvalue weighted by Gasteiger charge is 2.34. The van der Waals surface area contributed by atoms with Crippen LogP contribution in [0.1, 0.15) is 36.9 Å². The van der Waals surface area contributed by atoms with Crippen LogP contribution in [0.4, 0.5) is 0 Å². The Kier molecular flexibility index (Phi) is 3.61. The summed E-state index contributed by atoms with van der Waals surface area (Å²) in [7, 11) is 2.04. The summed E-state index contributed by atoms with van der Waals surface area (Å²) in [5.41, 5.74) is 2.67. The second-order valence-corrected chi connectivity index (χ2v) is 7.69. The smallest absolute Gasteiger partial charge is 0.123 e. The Morgan fingerprint density at radius 3 is 2.90 bits per heavy atom. The van der Waals surface area contributed by atoms with E-state index in [9.17, 15) is 0 Å². The molecule has 20 heavy (non-hydrogen) atoms. The van der Waals surface area contributed by atoms with Gasteiger partial charge in [-0.2, -0.15) is 0 Å². The van der Waals surface area contributed by atoms with Gasteiger partial charge in [-0.1, -0.05) is 37.6 Å². The summed E-state index contributed by atoms with van der Waals surface area (Å²) in [6.45, 7) is 4.64. The number of thiazole rings is 1. The quantitative estimate of drug-likeness (QED) is 0.870. The van der Waals surface area contributed by atoms with Crippen molar-refractivity contribution in [3.05, 3.63) is 39.9 Å². The van der Waals surface area contributed by atoms with Crippen LogP contribution in [0, 0.1) is 5.41 Å². The molecule has 3 rings (SSSR count). The van der Waals surface area contributed by atoms with Gasteiger partial charge in [0.1, 0.15) is 5.01 Å². The van der Waals surface area contributed by atoms with Gasteiger partial charge < -0.3 is 5.32 Å².